The predicted molar refractivity (Wildman–Crippen MR) is 73.0 cm³/mol. The number of ether oxygens (including phenoxy) is 1. The van der Waals surface area contributed by atoms with Gasteiger partial charge in [-0.1, -0.05) is 6.92 Å². The molecule has 0 unspecified atom stereocenters. The highest BCUT2D eigenvalue weighted by Gasteiger charge is 2.00. The molecule has 1 aromatic carbocycles. The van der Waals surface area contributed by atoms with Gasteiger partial charge >= 0.3 is 0 Å². The van der Waals surface area contributed by atoms with E-state index in [0.29, 0.717) is 0 Å². The van der Waals surface area contributed by atoms with Gasteiger partial charge in [0, 0.05) is 11.4 Å². The van der Waals surface area contributed by atoms with Crippen molar-refractivity contribution >= 4 is 17.3 Å². The highest BCUT2D eigenvalue weighted by molar-refractivity contribution is 5.85. The second-order valence-electron chi connectivity index (χ2n) is 3.82. The molecule has 0 heterocycles. The lowest BCUT2D eigenvalue weighted by Gasteiger charge is -2.06. The Labute approximate surface area is 107 Å². The van der Waals surface area contributed by atoms with E-state index in [4.69, 9.17) is 4.74 Å². The van der Waals surface area contributed by atoms with Crippen LogP contribution in [-0.2, 0) is 4.79 Å². The number of carbonyl (C=O) groups excluding carboxylic acids is 1. The molecule has 0 saturated heterocycles. The normalized spacial score (nSPS) is 10.9. The first-order valence-corrected chi connectivity index (χ1v) is 5.85. The summed E-state index contributed by atoms with van der Waals surface area (Å²) in [4.78, 5) is 11.5. The molecule has 98 valence electrons. The Hall–Kier alpha value is -2.04. The fraction of sp³-hybridized carbons (Fsp3) is 0.385. The number of carbonyl (C=O) groups is 1. The van der Waals surface area contributed by atoms with Gasteiger partial charge in [-0.3, -0.25) is 4.79 Å². The van der Waals surface area contributed by atoms with Crippen LogP contribution in [0.1, 0.15) is 20.3 Å². The molecule has 0 saturated carbocycles. The number of amides is 1. The average Bonchev–Trinajstić information content (AvgIpc) is 2.42. The maximum Gasteiger partial charge on any atom is 0.259 e. The van der Waals surface area contributed by atoms with Gasteiger partial charge in [-0.05, 0) is 37.6 Å². The summed E-state index contributed by atoms with van der Waals surface area (Å²) in [6.07, 6.45) is 0.826. The van der Waals surface area contributed by atoms with Gasteiger partial charge in [0.15, 0.2) is 0 Å². The molecule has 18 heavy (non-hydrogen) atoms. The van der Waals surface area contributed by atoms with Crippen LogP contribution in [0.15, 0.2) is 29.4 Å². The van der Waals surface area contributed by atoms with Gasteiger partial charge in [0.2, 0.25) is 0 Å². The molecule has 0 fully saturated rings. The van der Waals surface area contributed by atoms with E-state index in [9.17, 15) is 4.79 Å². The molecule has 1 rings (SSSR count). The van der Waals surface area contributed by atoms with E-state index in [2.05, 4.69) is 15.8 Å². The van der Waals surface area contributed by atoms with E-state index >= 15 is 0 Å². The molecule has 0 aliphatic rings. The summed E-state index contributed by atoms with van der Waals surface area (Å²) in [5.41, 5.74) is 4.25. The summed E-state index contributed by atoms with van der Waals surface area (Å²) in [6, 6.07) is 7.37. The standard InChI is InChI=1S/C13H19N3O2/c1-4-10(2)15-16-13(17)9-14-11-5-7-12(18-3)8-6-11/h5-8,14H,4,9H2,1-3H3,(H,16,17). The monoisotopic (exact) mass is 249 g/mol. The second kappa shape index (κ2) is 7.32. The zero-order valence-corrected chi connectivity index (χ0v) is 11.0. The molecule has 0 aliphatic carbocycles. The fourth-order valence-corrected chi connectivity index (χ4v) is 1.17. The van der Waals surface area contributed by atoms with Crippen LogP contribution in [0.3, 0.4) is 0 Å². The molecule has 5 heteroatoms. The molecule has 0 radical (unpaired) electrons. The van der Waals surface area contributed by atoms with Gasteiger partial charge in [-0.15, -0.1) is 0 Å². The number of methoxy groups -OCH3 is 1. The lowest BCUT2D eigenvalue weighted by atomic mass is 10.3. The summed E-state index contributed by atoms with van der Waals surface area (Å²) in [5.74, 6) is 0.617. The third-order valence-corrected chi connectivity index (χ3v) is 2.43. The first-order chi connectivity index (χ1) is 8.65. The van der Waals surface area contributed by atoms with Gasteiger partial charge in [0.1, 0.15) is 5.75 Å². The first-order valence-electron chi connectivity index (χ1n) is 5.85. The predicted octanol–water partition coefficient (Wildman–Crippen LogP) is 2.01. The van der Waals surface area contributed by atoms with E-state index in [-0.39, 0.29) is 12.5 Å². The summed E-state index contributed by atoms with van der Waals surface area (Å²) < 4.78 is 5.05. The average molecular weight is 249 g/mol. The van der Waals surface area contributed by atoms with Crippen molar-refractivity contribution in [3.63, 3.8) is 0 Å². The van der Waals surface area contributed by atoms with Gasteiger partial charge in [0.25, 0.3) is 5.91 Å². The number of hydrogen-bond donors (Lipinski definition) is 2. The minimum atomic E-state index is -0.168. The molecule has 0 atom stereocenters. The smallest absolute Gasteiger partial charge is 0.259 e. The molecular formula is C13H19N3O2. The van der Waals surface area contributed by atoms with Crippen molar-refractivity contribution in [1.29, 1.82) is 0 Å². The summed E-state index contributed by atoms with van der Waals surface area (Å²) in [6.45, 7) is 4.05. The summed E-state index contributed by atoms with van der Waals surface area (Å²) >= 11 is 0. The Kier molecular flexibility index (Phi) is 5.70. The zero-order chi connectivity index (χ0) is 13.4. The minimum Gasteiger partial charge on any atom is -0.497 e. The van der Waals surface area contributed by atoms with E-state index < -0.39 is 0 Å². The van der Waals surface area contributed by atoms with Crippen molar-refractivity contribution in [2.24, 2.45) is 5.10 Å². The van der Waals surface area contributed by atoms with Crippen LogP contribution in [0.25, 0.3) is 0 Å². The van der Waals surface area contributed by atoms with Crippen LogP contribution in [0.5, 0.6) is 5.75 Å². The van der Waals surface area contributed by atoms with E-state index in [1.807, 2.05) is 38.1 Å². The minimum absolute atomic E-state index is 0.168. The molecule has 1 aromatic rings. The van der Waals surface area contributed by atoms with Crippen LogP contribution in [0.2, 0.25) is 0 Å². The third kappa shape index (κ3) is 4.86. The maximum atomic E-state index is 11.5. The molecule has 2 N–H and O–H groups in total. The topological polar surface area (TPSA) is 62.7 Å². The second-order valence-corrected chi connectivity index (χ2v) is 3.82. The number of nitrogens with zero attached hydrogens (tertiary/aromatic N) is 1. The van der Waals surface area contributed by atoms with Crippen LogP contribution in [0.4, 0.5) is 5.69 Å². The Morgan fingerprint density at radius 3 is 2.56 bits per heavy atom. The quantitative estimate of drug-likeness (QED) is 0.599. The van der Waals surface area contributed by atoms with Crippen LogP contribution < -0.4 is 15.5 Å². The largest absolute Gasteiger partial charge is 0.497 e. The van der Waals surface area contributed by atoms with E-state index in [1.54, 1.807) is 7.11 Å². The van der Waals surface area contributed by atoms with E-state index in [0.717, 1.165) is 23.6 Å². The first kappa shape index (κ1) is 14.0. The molecule has 0 aromatic heterocycles. The van der Waals surface area contributed by atoms with Gasteiger partial charge in [0.05, 0.1) is 13.7 Å². The van der Waals surface area contributed by atoms with E-state index in [1.165, 1.54) is 0 Å². The van der Waals surface area contributed by atoms with Crippen molar-refractivity contribution in [1.82, 2.24) is 5.43 Å². The van der Waals surface area contributed by atoms with Crippen molar-refractivity contribution < 1.29 is 9.53 Å². The lowest BCUT2D eigenvalue weighted by molar-refractivity contribution is -0.119. The Morgan fingerprint density at radius 1 is 1.33 bits per heavy atom. The number of nitrogens with one attached hydrogen (secondary N) is 2. The highest BCUT2D eigenvalue weighted by Crippen LogP contribution is 2.14. The zero-order valence-electron chi connectivity index (χ0n) is 11.0. The Bertz CT molecular complexity index is 413. The summed E-state index contributed by atoms with van der Waals surface area (Å²) in [5, 5.41) is 6.94. The number of rotatable bonds is 6. The Morgan fingerprint density at radius 2 is 2.00 bits per heavy atom. The van der Waals surface area contributed by atoms with Crippen molar-refractivity contribution in [3.05, 3.63) is 24.3 Å². The number of anilines is 1. The molecule has 0 aliphatic heterocycles. The van der Waals surface area contributed by atoms with Crippen LogP contribution in [-0.4, -0.2) is 25.3 Å². The number of hydrogen-bond acceptors (Lipinski definition) is 4. The van der Waals surface area contributed by atoms with Crippen molar-refractivity contribution in [3.8, 4) is 5.75 Å². The molecule has 0 spiro atoms. The molecular weight excluding hydrogens is 230 g/mol. The van der Waals surface area contributed by atoms with Crippen molar-refractivity contribution in [2.45, 2.75) is 20.3 Å². The molecule has 5 nitrogen and oxygen atoms in total. The fourth-order valence-electron chi connectivity index (χ4n) is 1.17. The number of hydrazone groups is 1. The Balaban J connectivity index is 2.37. The highest BCUT2D eigenvalue weighted by atomic mass is 16.5. The molecule has 1 amide bonds. The van der Waals surface area contributed by atoms with Gasteiger partial charge < -0.3 is 10.1 Å². The SMILES string of the molecule is CCC(C)=NNC(=O)CNc1ccc(OC)cc1. The van der Waals surface area contributed by atoms with Gasteiger partial charge in [-0.25, -0.2) is 5.43 Å². The van der Waals surface area contributed by atoms with Crippen LogP contribution in [0, 0.1) is 0 Å². The third-order valence-electron chi connectivity index (χ3n) is 2.43. The van der Waals surface area contributed by atoms with Crippen molar-refractivity contribution in [2.75, 3.05) is 19.0 Å². The van der Waals surface area contributed by atoms with Crippen LogP contribution >= 0.6 is 0 Å². The maximum absolute atomic E-state index is 11.5. The lowest BCUT2D eigenvalue weighted by Crippen LogP contribution is -2.26. The molecule has 0 bridgehead atoms. The number of benzene rings is 1. The summed E-state index contributed by atoms with van der Waals surface area (Å²) in [7, 11) is 1.62. The van der Waals surface area contributed by atoms with Gasteiger partial charge in [-0.2, -0.15) is 5.10 Å².